The summed E-state index contributed by atoms with van der Waals surface area (Å²) in [4.78, 5) is 14.2. The highest BCUT2D eigenvalue weighted by molar-refractivity contribution is 5.97. The number of carbonyl (C=O) groups is 1. The van der Waals surface area contributed by atoms with Crippen molar-refractivity contribution in [3.8, 4) is 0 Å². The maximum Gasteiger partial charge on any atom is 0.271 e. The number of amides is 1. The summed E-state index contributed by atoms with van der Waals surface area (Å²) in [6.45, 7) is 4.16. The first-order chi connectivity index (χ1) is 8.08. The van der Waals surface area contributed by atoms with Crippen molar-refractivity contribution in [1.29, 1.82) is 0 Å². The molecule has 0 spiro atoms. The van der Waals surface area contributed by atoms with E-state index in [0.29, 0.717) is 17.3 Å². The molecular weight excluding hydrogens is 218 g/mol. The number of aromatic amines is 1. The van der Waals surface area contributed by atoms with Gasteiger partial charge in [-0.15, -0.1) is 0 Å². The predicted octanol–water partition coefficient (Wildman–Crippen LogP) is 0.0619. The Labute approximate surface area is 101 Å². The Morgan fingerprint density at radius 3 is 3.06 bits per heavy atom. The summed E-state index contributed by atoms with van der Waals surface area (Å²) in [5.41, 5.74) is 6.39. The number of anilines is 1. The van der Waals surface area contributed by atoms with E-state index in [-0.39, 0.29) is 11.9 Å². The van der Waals surface area contributed by atoms with Crippen molar-refractivity contribution >= 4 is 11.6 Å². The van der Waals surface area contributed by atoms with Crippen LogP contribution in [0.4, 0.5) is 5.69 Å². The summed E-state index contributed by atoms with van der Waals surface area (Å²) in [5, 5.41) is 9.38. The van der Waals surface area contributed by atoms with Crippen molar-refractivity contribution in [1.82, 2.24) is 20.4 Å². The molecule has 2 heterocycles. The Morgan fingerprint density at radius 1 is 1.71 bits per heavy atom. The fraction of sp³-hybridized carbons (Fsp3) is 0.636. The first-order valence-corrected chi connectivity index (χ1v) is 5.86. The molecule has 0 bridgehead atoms. The molecule has 1 aliphatic heterocycles. The molecule has 0 radical (unpaired) electrons. The first kappa shape index (κ1) is 11.9. The average Bonchev–Trinajstić information content (AvgIpc) is 2.68. The topological polar surface area (TPSA) is 87.0 Å². The van der Waals surface area contributed by atoms with Crippen molar-refractivity contribution in [3.63, 3.8) is 0 Å². The van der Waals surface area contributed by atoms with Gasteiger partial charge >= 0.3 is 0 Å². The molecule has 17 heavy (non-hydrogen) atoms. The molecule has 1 amide bonds. The molecule has 94 valence electrons. The predicted molar refractivity (Wildman–Crippen MR) is 65.5 cm³/mol. The molecule has 2 rings (SSSR count). The van der Waals surface area contributed by atoms with E-state index in [4.69, 9.17) is 5.73 Å². The zero-order valence-corrected chi connectivity index (χ0v) is 10.2. The summed E-state index contributed by atoms with van der Waals surface area (Å²) in [6.07, 6.45) is 2.42. The molecule has 0 aliphatic carbocycles. The molecule has 6 heteroatoms. The fourth-order valence-corrected chi connectivity index (χ4v) is 2.29. The number of hydrogen-bond acceptors (Lipinski definition) is 4. The molecule has 1 saturated heterocycles. The Kier molecular flexibility index (Phi) is 3.33. The van der Waals surface area contributed by atoms with Crippen LogP contribution in [0.1, 0.15) is 23.8 Å². The van der Waals surface area contributed by atoms with E-state index in [9.17, 15) is 4.79 Å². The molecule has 4 N–H and O–H groups in total. The fourth-order valence-electron chi connectivity index (χ4n) is 2.29. The third-order valence-corrected chi connectivity index (χ3v) is 3.32. The van der Waals surface area contributed by atoms with Crippen LogP contribution in [0.2, 0.25) is 0 Å². The van der Waals surface area contributed by atoms with Crippen molar-refractivity contribution in [2.75, 3.05) is 25.9 Å². The SMILES string of the molecule is CC1CN(C)CCC1NC(=O)c1[nH]ncc1N. The lowest BCUT2D eigenvalue weighted by molar-refractivity contribution is 0.0879. The highest BCUT2D eigenvalue weighted by Gasteiger charge is 2.26. The summed E-state index contributed by atoms with van der Waals surface area (Å²) in [7, 11) is 2.10. The van der Waals surface area contributed by atoms with Crippen LogP contribution in [0, 0.1) is 5.92 Å². The van der Waals surface area contributed by atoms with Gasteiger partial charge in [0.25, 0.3) is 5.91 Å². The van der Waals surface area contributed by atoms with Gasteiger partial charge in [-0.1, -0.05) is 6.92 Å². The molecule has 2 unspecified atom stereocenters. The van der Waals surface area contributed by atoms with Crippen molar-refractivity contribution in [2.24, 2.45) is 5.92 Å². The Hall–Kier alpha value is -1.56. The number of likely N-dealkylation sites (tertiary alicyclic amines) is 1. The normalized spacial score (nSPS) is 25.8. The largest absolute Gasteiger partial charge is 0.396 e. The van der Waals surface area contributed by atoms with E-state index in [1.807, 2.05) is 0 Å². The number of nitrogen functional groups attached to an aromatic ring is 1. The average molecular weight is 237 g/mol. The van der Waals surface area contributed by atoms with Crippen LogP contribution in [0.5, 0.6) is 0 Å². The Balaban J connectivity index is 1.97. The molecule has 1 fully saturated rings. The van der Waals surface area contributed by atoms with E-state index >= 15 is 0 Å². The van der Waals surface area contributed by atoms with E-state index in [1.54, 1.807) is 0 Å². The smallest absolute Gasteiger partial charge is 0.271 e. The van der Waals surface area contributed by atoms with E-state index < -0.39 is 0 Å². The van der Waals surface area contributed by atoms with Crippen LogP contribution >= 0.6 is 0 Å². The van der Waals surface area contributed by atoms with Crippen molar-refractivity contribution in [2.45, 2.75) is 19.4 Å². The minimum Gasteiger partial charge on any atom is -0.396 e. The van der Waals surface area contributed by atoms with Gasteiger partial charge in [0.15, 0.2) is 0 Å². The number of nitrogens with zero attached hydrogens (tertiary/aromatic N) is 2. The lowest BCUT2D eigenvalue weighted by Crippen LogP contribution is -2.49. The van der Waals surface area contributed by atoms with Gasteiger partial charge in [-0.25, -0.2) is 0 Å². The number of hydrogen-bond donors (Lipinski definition) is 3. The zero-order valence-electron chi connectivity index (χ0n) is 10.2. The van der Waals surface area contributed by atoms with Gasteiger partial charge in [0.2, 0.25) is 0 Å². The summed E-state index contributed by atoms with van der Waals surface area (Å²) in [6, 6.07) is 0.210. The van der Waals surface area contributed by atoms with Gasteiger partial charge in [0.1, 0.15) is 5.69 Å². The van der Waals surface area contributed by atoms with Gasteiger partial charge in [-0.3, -0.25) is 9.89 Å². The number of piperidine rings is 1. The molecule has 1 aromatic heterocycles. The second-order valence-electron chi connectivity index (χ2n) is 4.81. The first-order valence-electron chi connectivity index (χ1n) is 5.86. The van der Waals surface area contributed by atoms with Crippen molar-refractivity contribution in [3.05, 3.63) is 11.9 Å². The third-order valence-electron chi connectivity index (χ3n) is 3.32. The number of nitrogens with one attached hydrogen (secondary N) is 2. The summed E-state index contributed by atoms with van der Waals surface area (Å²) >= 11 is 0. The number of H-pyrrole nitrogens is 1. The number of nitrogens with two attached hydrogens (primary N) is 1. The van der Waals surface area contributed by atoms with E-state index in [2.05, 4.69) is 34.4 Å². The van der Waals surface area contributed by atoms with Gasteiger partial charge in [-0.2, -0.15) is 5.10 Å². The molecule has 2 atom stereocenters. The molecule has 0 saturated carbocycles. The molecule has 0 aromatic carbocycles. The van der Waals surface area contributed by atoms with Crippen LogP contribution in [0.25, 0.3) is 0 Å². The van der Waals surface area contributed by atoms with Gasteiger partial charge in [-0.05, 0) is 25.9 Å². The minimum absolute atomic E-state index is 0.165. The molecule has 1 aromatic rings. The monoisotopic (exact) mass is 237 g/mol. The third kappa shape index (κ3) is 2.58. The van der Waals surface area contributed by atoms with Crippen LogP contribution in [0.15, 0.2) is 6.20 Å². The molecule has 1 aliphatic rings. The number of carbonyl (C=O) groups excluding carboxylic acids is 1. The number of aromatic nitrogens is 2. The van der Waals surface area contributed by atoms with Crippen LogP contribution < -0.4 is 11.1 Å². The minimum atomic E-state index is -0.165. The molecular formula is C11H19N5O. The lowest BCUT2D eigenvalue weighted by atomic mass is 9.94. The number of rotatable bonds is 2. The Morgan fingerprint density at radius 2 is 2.47 bits per heavy atom. The zero-order chi connectivity index (χ0) is 12.4. The second-order valence-corrected chi connectivity index (χ2v) is 4.81. The van der Waals surface area contributed by atoms with Gasteiger partial charge < -0.3 is 16.0 Å². The van der Waals surface area contributed by atoms with E-state index in [0.717, 1.165) is 19.5 Å². The van der Waals surface area contributed by atoms with Gasteiger partial charge in [0, 0.05) is 12.6 Å². The standard InChI is InChI=1S/C11H19N5O/c1-7-6-16(2)4-3-9(7)14-11(17)10-8(12)5-13-15-10/h5,7,9H,3-4,6,12H2,1-2H3,(H,13,15)(H,14,17). The summed E-state index contributed by atoms with van der Waals surface area (Å²) < 4.78 is 0. The van der Waals surface area contributed by atoms with Crippen molar-refractivity contribution < 1.29 is 4.79 Å². The summed E-state index contributed by atoms with van der Waals surface area (Å²) in [5.74, 6) is 0.281. The second kappa shape index (κ2) is 4.75. The quantitative estimate of drug-likeness (QED) is 0.679. The van der Waals surface area contributed by atoms with E-state index in [1.165, 1.54) is 6.20 Å². The van der Waals surface area contributed by atoms with Gasteiger partial charge in [0.05, 0.1) is 11.9 Å². The lowest BCUT2D eigenvalue weighted by Gasteiger charge is -2.35. The molecule has 6 nitrogen and oxygen atoms in total. The van der Waals surface area contributed by atoms with Crippen LogP contribution in [0.3, 0.4) is 0 Å². The maximum atomic E-state index is 11.9. The van der Waals surface area contributed by atoms with Crippen LogP contribution in [-0.2, 0) is 0 Å². The maximum absolute atomic E-state index is 11.9. The highest BCUT2D eigenvalue weighted by atomic mass is 16.2. The van der Waals surface area contributed by atoms with Crippen LogP contribution in [-0.4, -0.2) is 47.2 Å². The highest BCUT2D eigenvalue weighted by Crippen LogP contribution is 2.16. The Bertz CT molecular complexity index is 402.